The standard InChI is InChI=1S/C17H16N2O3/c1-11-6-3-4-8-13(11)22-10-14-18-15(17(20)21)16-12(2)7-5-9-19(14)16/h3-9H,10H2,1-2H3,(H,20,21). The molecule has 5 nitrogen and oxygen atoms in total. The third-order valence-electron chi connectivity index (χ3n) is 3.59. The average molecular weight is 296 g/mol. The summed E-state index contributed by atoms with van der Waals surface area (Å²) in [4.78, 5) is 15.6. The van der Waals surface area contributed by atoms with Crippen molar-refractivity contribution < 1.29 is 14.6 Å². The van der Waals surface area contributed by atoms with Gasteiger partial charge in [-0.1, -0.05) is 24.3 Å². The van der Waals surface area contributed by atoms with Crippen LogP contribution in [0.15, 0.2) is 42.6 Å². The number of carboxylic acid groups (broad SMARTS) is 1. The van der Waals surface area contributed by atoms with Crippen molar-refractivity contribution in [3.8, 4) is 5.75 Å². The molecule has 0 aliphatic rings. The first-order valence-electron chi connectivity index (χ1n) is 6.96. The molecule has 3 rings (SSSR count). The van der Waals surface area contributed by atoms with E-state index in [2.05, 4.69) is 4.98 Å². The molecule has 0 aliphatic heterocycles. The number of benzene rings is 1. The second-order valence-electron chi connectivity index (χ2n) is 5.15. The molecule has 5 heteroatoms. The Balaban J connectivity index is 2.00. The van der Waals surface area contributed by atoms with Crippen LogP contribution in [0.4, 0.5) is 0 Å². The molecule has 112 valence electrons. The van der Waals surface area contributed by atoms with Crippen LogP contribution >= 0.6 is 0 Å². The number of aromatic nitrogens is 2. The SMILES string of the molecule is Cc1ccccc1OCc1nc(C(=O)O)c2c(C)cccn12. The minimum absolute atomic E-state index is 0.0569. The lowest BCUT2D eigenvalue weighted by molar-refractivity contribution is 0.0693. The lowest BCUT2D eigenvalue weighted by atomic mass is 10.2. The number of aromatic carboxylic acids is 1. The topological polar surface area (TPSA) is 63.8 Å². The molecule has 1 N–H and O–H groups in total. The Hall–Kier alpha value is -2.82. The molecular weight excluding hydrogens is 280 g/mol. The van der Waals surface area contributed by atoms with Crippen molar-refractivity contribution >= 4 is 11.5 Å². The van der Waals surface area contributed by atoms with E-state index in [0.717, 1.165) is 16.9 Å². The number of nitrogens with zero attached hydrogens (tertiary/aromatic N) is 2. The first kappa shape index (κ1) is 14.1. The van der Waals surface area contributed by atoms with Crippen molar-refractivity contribution in [1.29, 1.82) is 0 Å². The number of ether oxygens (including phenoxy) is 1. The molecule has 1 aromatic carbocycles. The van der Waals surface area contributed by atoms with Gasteiger partial charge in [-0.25, -0.2) is 9.78 Å². The predicted molar refractivity (Wildman–Crippen MR) is 82.4 cm³/mol. The van der Waals surface area contributed by atoms with Crippen molar-refractivity contribution in [3.63, 3.8) is 0 Å². The van der Waals surface area contributed by atoms with Crippen molar-refractivity contribution in [1.82, 2.24) is 9.38 Å². The summed E-state index contributed by atoms with van der Waals surface area (Å²) in [5, 5.41) is 9.33. The summed E-state index contributed by atoms with van der Waals surface area (Å²) in [5.41, 5.74) is 2.56. The van der Waals surface area contributed by atoms with E-state index in [1.165, 1.54) is 0 Å². The maximum absolute atomic E-state index is 11.4. The third-order valence-corrected chi connectivity index (χ3v) is 3.59. The molecular formula is C17H16N2O3. The molecule has 0 saturated heterocycles. The number of pyridine rings is 1. The second-order valence-corrected chi connectivity index (χ2v) is 5.15. The van der Waals surface area contributed by atoms with Crippen LogP contribution in [-0.4, -0.2) is 20.5 Å². The van der Waals surface area contributed by atoms with Gasteiger partial charge in [0.05, 0.1) is 5.52 Å². The Morgan fingerprint density at radius 1 is 1.18 bits per heavy atom. The van der Waals surface area contributed by atoms with Gasteiger partial charge in [-0.05, 0) is 37.1 Å². The van der Waals surface area contributed by atoms with Gasteiger partial charge < -0.3 is 9.84 Å². The molecule has 0 radical (unpaired) electrons. The van der Waals surface area contributed by atoms with Gasteiger partial charge in [-0.3, -0.25) is 4.40 Å². The van der Waals surface area contributed by atoms with E-state index in [4.69, 9.17) is 4.74 Å². The number of aryl methyl sites for hydroxylation is 2. The van der Waals surface area contributed by atoms with Gasteiger partial charge in [0, 0.05) is 6.20 Å². The molecule has 0 atom stereocenters. The lowest BCUT2D eigenvalue weighted by Gasteiger charge is -2.08. The number of carboxylic acids is 1. The molecule has 0 spiro atoms. The van der Waals surface area contributed by atoms with Crippen molar-refractivity contribution in [2.24, 2.45) is 0 Å². The van der Waals surface area contributed by atoms with Crippen LogP contribution in [0, 0.1) is 13.8 Å². The van der Waals surface area contributed by atoms with E-state index in [1.807, 2.05) is 50.2 Å². The second kappa shape index (κ2) is 5.52. The smallest absolute Gasteiger partial charge is 0.356 e. The van der Waals surface area contributed by atoms with Crippen LogP contribution in [0.3, 0.4) is 0 Å². The minimum atomic E-state index is -1.03. The van der Waals surface area contributed by atoms with E-state index in [-0.39, 0.29) is 12.3 Å². The van der Waals surface area contributed by atoms with Crippen LogP contribution in [0.2, 0.25) is 0 Å². The summed E-state index contributed by atoms with van der Waals surface area (Å²) in [6, 6.07) is 11.4. The van der Waals surface area contributed by atoms with E-state index in [9.17, 15) is 9.90 Å². The van der Waals surface area contributed by atoms with Crippen molar-refractivity contribution in [2.45, 2.75) is 20.5 Å². The highest BCUT2D eigenvalue weighted by atomic mass is 16.5. The lowest BCUT2D eigenvalue weighted by Crippen LogP contribution is -2.02. The molecule has 22 heavy (non-hydrogen) atoms. The zero-order valence-electron chi connectivity index (χ0n) is 12.4. The summed E-state index contributed by atoms with van der Waals surface area (Å²) in [7, 11) is 0. The molecule has 0 amide bonds. The minimum Gasteiger partial charge on any atom is -0.485 e. The molecule has 0 saturated carbocycles. The fraction of sp³-hybridized carbons (Fsp3) is 0.176. The Labute approximate surface area is 127 Å². The molecule has 2 heterocycles. The highest BCUT2D eigenvalue weighted by Gasteiger charge is 2.18. The molecule has 3 aromatic rings. The fourth-order valence-corrected chi connectivity index (χ4v) is 2.48. The van der Waals surface area contributed by atoms with E-state index in [0.29, 0.717) is 11.3 Å². The van der Waals surface area contributed by atoms with E-state index in [1.54, 1.807) is 10.6 Å². The zero-order valence-corrected chi connectivity index (χ0v) is 12.4. The number of fused-ring (bicyclic) bond motifs is 1. The summed E-state index contributed by atoms with van der Waals surface area (Å²) >= 11 is 0. The molecule has 0 aliphatic carbocycles. The normalized spacial score (nSPS) is 10.8. The van der Waals surface area contributed by atoms with Crippen LogP contribution in [-0.2, 0) is 6.61 Å². The predicted octanol–water partition coefficient (Wildman–Crippen LogP) is 3.23. The highest BCUT2D eigenvalue weighted by Crippen LogP contribution is 2.21. The number of imidazole rings is 1. The highest BCUT2D eigenvalue weighted by molar-refractivity contribution is 5.94. The molecule has 2 aromatic heterocycles. The van der Waals surface area contributed by atoms with Gasteiger partial charge in [0.2, 0.25) is 0 Å². The third kappa shape index (κ3) is 2.41. The van der Waals surface area contributed by atoms with Crippen molar-refractivity contribution in [3.05, 3.63) is 65.2 Å². The maximum atomic E-state index is 11.4. The quantitative estimate of drug-likeness (QED) is 0.803. The number of carbonyl (C=O) groups is 1. The first-order chi connectivity index (χ1) is 10.6. The number of hydrogen-bond acceptors (Lipinski definition) is 3. The molecule has 0 bridgehead atoms. The first-order valence-corrected chi connectivity index (χ1v) is 6.96. The summed E-state index contributed by atoms with van der Waals surface area (Å²) in [6.45, 7) is 4.05. The van der Waals surface area contributed by atoms with Gasteiger partial charge in [0.15, 0.2) is 11.5 Å². The van der Waals surface area contributed by atoms with Gasteiger partial charge in [0.25, 0.3) is 0 Å². The van der Waals surface area contributed by atoms with E-state index < -0.39 is 5.97 Å². The molecule has 0 unspecified atom stereocenters. The Bertz CT molecular complexity index is 852. The summed E-state index contributed by atoms with van der Waals surface area (Å²) in [5.74, 6) is 0.303. The van der Waals surface area contributed by atoms with Crippen molar-refractivity contribution in [2.75, 3.05) is 0 Å². The Kier molecular flexibility index (Phi) is 3.55. The average Bonchev–Trinajstić information content (AvgIpc) is 2.87. The molecule has 0 fully saturated rings. The summed E-state index contributed by atoms with van der Waals surface area (Å²) in [6.07, 6.45) is 1.80. The zero-order chi connectivity index (χ0) is 15.7. The largest absolute Gasteiger partial charge is 0.485 e. The van der Waals surface area contributed by atoms with Gasteiger partial charge in [-0.2, -0.15) is 0 Å². The summed E-state index contributed by atoms with van der Waals surface area (Å²) < 4.78 is 7.56. The Morgan fingerprint density at radius 2 is 1.91 bits per heavy atom. The van der Waals surface area contributed by atoms with Crippen LogP contribution < -0.4 is 4.74 Å². The van der Waals surface area contributed by atoms with Gasteiger partial charge in [0.1, 0.15) is 12.4 Å². The number of rotatable bonds is 4. The van der Waals surface area contributed by atoms with Crippen LogP contribution in [0.5, 0.6) is 5.75 Å². The maximum Gasteiger partial charge on any atom is 0.356 e. The number of hydrogen-bond donors (Lipinski definition) is 1. The van der Waals surface area contributed by atoms with Crippen LogP contribution in [0.25, 0.3) is 5.52 Å². The van der Waals surface area contributed by atoms with Gasteiger partial charge in [-0.15, -0.1) is 0 Å². The van der Waals surface area contributed by atoms with Gasteiger partial charge >= 0.3 is 5.97 Å². The van der Waals surface area contributed by atoms with E-state index >= 15 is 0 Å². The number of para-hydroxylation sites is 1. The Morgan fingerprint density at radius 3 is 2.64 bits per heavy atom. The monoisotopic (exact) mass is 296 g/mol. The van der Waals surface area contributed by atoms with Crippen LogP contribution in [0.1, 0.15) is 27.4 Å². The fourth-order valence-electron chi connectivity index (χ4n) is 2.48.